The van der Waals surface area contributed by atoms with Crippen molar-refractivity contribution < 1.29 is 12.9 Å². The molecule has 1 heterocycles. The molecule has 18 heavy (non-hydrogen) atoms. The molecule has 102 valence electrons. The highest BCUT2D eigenvalue weighted by molar-refractivity contribution is 7.90. The highest BCUT2D eigenvalue weighted by Gasteiger charge is 2.35. The maximum absolute atomic E-state index is 11.4. The summed E-state index contributed by atoms with van der Waals surface area (Å²) >= 11 is 0. The predicted molar refractivity (Wildman–Crippen MR) is 66.5 cm³/mol. The molecule has 0 aliphatic heterocycles. The molecule has 1 fully saturated rings. The molecule has 0 spiro atoms. The second-order valence-corrected chi connectivity index (χ2v) is 7.51. The van der Waals surface area contributed by atoms with Gasteiger partial charge >= 0.3 is 0 Å². The van der Waals surface area contributed by atoms with Crippen LogP contribution < -0.4 is 5.73 Å². The summed E-state index contributed by atoms with van der Waals surface area (Å²) in [6.45, 7) is 1.54. The van der Waals surface area contributed by atoms with Crippen molar-refractivity contribution in [2.75, 3.05) is 6.26 Å². The monoisotopic (exact) mass is 273 g/mol. The topological polar surface area (TPSA) is 99.1 Å². The van der Waals surface area contributed by atoms with Crippen molar-refractivity contribution >= 4 is 9.84 Å². The highest BCUT2D eigenvalue weighted by Crippen LogP contribution is 2.33. The van der Waals surface area contributed by atoms with Crippen LogP contribution in [0.5, 0.6) is 0 Å². The Hall–Kier alpha value is -0.950. The van der Waals surface area contributed by atoms with Crippen LogP contribution >= 0.6 is 0 Å². The molecule has 1 saturated carbocycles. The summed E-state index contributed by atoms with van der Waals surface area (Å²) in [5, 5.41) is 3.08. The highest BCUT2D eigenvalue weighted by atomic mass is 32.2. The van der Waals surface area contributed by atoms with Gasteiger partial charge in [-0.05, 0) is 19.8 Å². The van der Waals surface area contributed by atoms with Gasteiger partial charge in [0.25, 0.3) is 0 Å². The number of hydrogen-bond donors (Lipinski definition) is 1. The molecule has 7 heteroatoms. The minimum absolute atomic E-state index is 0.128. The number of nitrogens with two attached hydrogens (primary N) is 1. The third-order valence-corrected chi connectivity index (χ3v) is 5.11. The zero-order valence-electron chi connectivity index (χ0n) is 10.7. The van der Waals surface area contributed by atoms with E-state index in [0.717, 1.165) is 31.9 Å². The van der Waals surface area contributed by atoms with Gasteiger partial charge < -0.3 is 10.3 Å². The molecule has 0 aromatic carbocycles. The molecule has 1 aromatic heterocycles. The Morgan fingerprint density at radius 1 is 1.33 bits per heavy atom. The van der Waals surface area contributed by atoms with E-state index in [1.54, 1.807) is 0 Å². The van der Waals surface area contributed by atoms with Crippen molar-refractivity contribution in [3.8, 4) is 0 Å². The standard InChI is InChI=1S/C11H19N3O3S/c1-8(18(2,15)16)9-13-10(14-17-9)11(12)6-4-3-5-7-11/h8H,3-7,12H2,1-2H3. The average molecular weight is 273 g/mol. The van der Waals surface area contributed by atoms with Crippen LogP contribution in [0.1, 0.15) is 56.0 Å². The lowest BCUT2D eigenvalue weighted by Gasteiger charge is -2.29. The molecule has 1 unspecified atom stereocenters. The van der Waals surface area contributed by atoms with Crippen LogP contribution in [0.3, 0.4) is 0 Å². The Kier molecular flexibility index (Phi) is 3.46. The van der Waals surface area contributed by atoms with Crippen LogP contribution in [-0.4, -0.2) is 24.8 Å². The average Bonchev–Trinajstić information content (AvgIpc) is 2.77. The minimum atomic E-state index is -3.23. The molecule has 1 atom stereocenters. The van der Waals surface area contributed by atoms with Gasteiger partial charge in [-0.15, -0.1) is 0 Å². The maximum Gasteiger partial charge on any atom is 0.244 e. The van der Waals surface area contributed by atoms with Crippen LogP contribution in [0.4, 0.5) is 0 Å². The van der Waals surface area contributed by atoms with Crippen LogP contribution in [0, 0.1) is 0 Å². The molecule has 0 radical (unpaired) electrons. The lowest BCUT2D eigenvalue weighted by atomic mass is 9.82. The molecule has 2 rings (SSSR count). The lowest BCUT2D eigenvalue weighted by Crippen LogP contribution is -2.39. The Morgan fingerprint density at radius 2 is 1.94 bits per heavy atom. The van der Waals surface area contributed by atoms with Crippen molar-refractivity contribution in [3.05, 3.63) is 11.7 Å². The summed E-state index contributed by atoms with van der Waals surface area (Å²) in [5.41, 5.74) is 5.71. The Balaban J connectivity index is 2.25. The fourth-order valence-electron chi connectivity index (χ4n) is 2.19. The normalized spacial score (nSPS) is 21.7. The lowest BCUT2D eigenvalue weighted by molar-refractivity contribution is 0.273. The third kappa shape index (κ3) is 2.56. The zero-order chi connectivity index (χ0) is 13.4. The first-order chi connectivity index (χ1) is 8.33. The largest absolute Gasteiger partial charge is 0.338 e. The Morgan fingerprint density at radius 3 is 2.50 bits per heavy atom. The summed E-state index contributed by atoms with van der Waals surface area (Å²) in [6, 6.07) is 0. The molecule has 0 saturated heterocycles. The van der Waals surface area contributed by atoms with Gasteiger partial charge in [-0.3, -0.25) is 0 Å². The SMILES string of the molecule is CC(c1nc(C2(N)CCCCC2)no1)S(C)(=O)=O. The van der Waals surface area contributed by atoms with E-state index in [9.17, 15) is 8.42 Å². The van der Waals surface area contributed by atoms with Gasteiger partial charge in [0.1, 0.15) is 5.25 Å². The smallest absolute Gasteiger partial charge is 0.244 e. The van der Waals surface area contributed by atoms with Crippen molar-refractivity contribution in [3.63, 3.8) is 0 Å². The number of hydrogen-bond acceptors (Lipinski definition) is 6. The number of aromatic nitrogens is 2. The summed E-state index contributed by atoms with van der Waals surface area (Å²) < 4.78 is 27.9. The van der Waals surface area contributed by atoms with Gasteiger partial charge in [-0.2, -0.15) is 4.98 Å². The van der Waals surface area contributed by atoms with Gasteiger partial charge in [0.2, 0.25) is 5.89 Å². The molecule has 1 aromatic rings. The molecule has 0 bridgehead atoms. The van der Waals surface area contributed by atoms with Crippen LogP contribution in [-0.2, 0) is 15.4 Å². The maximum atomic E-state index is 11.4. The van der Waals surface area contributed by atoms with E-state index >= 15 is 0 Å². The van der Waals surface area contributed by atoms with E-state index in [4.69, 9.17) is 10.3 Å². The van der Waals surface area contributed by atoms with Gasteiger partial charge in [-0.25, -0.2) is 8.42 Å². The van der Waals surface area contributed by atoms with E-state index in [-0.39, 0.29) is 5.89 Å². The fraction of sp³-hybridized carbons (Fsp3) is 0.818. The molecular formula is C11H19N3O3S. The Bertz CT molecular complexity index is 517. The first-order valence-corrected chi connectivity index (χ1v) is 8.10. The fourth-order valence-corrected chi connectivity index (χ4v) is 2.65. The molecule has 1 aliphatic carbocycles. The molecular weight excluding hydrogens is 254 g/mol. The second kappa shape index (κ2) is 4.62. The summed E-state index contributed by atoms with van der Waals surface area (Å²) in [6.07, 6.45) is 6.05. The zero-order valence-corrected chi connectivity index (χ0v) is 11.5. The van der Waals surface area contributed by atoms with Gasteiger partial charge in [0.05, 0.1) is 5.54 Å². The van der Waals surface area contributed by atoms with Crippen molar-refractivity contribution in [1.82, 2.24) is 10.1 Å². The second-order valence-electron chi connectivity index (χ2n) is 5.14. The minimum Gasteiger partial charge on any atom is -0.338 e. The van der Waals surface area contributed by atoms with Crippen molar-refractivity contribution in [2.24, 2.45) is 5.73 Å². The van der Waals surface area contributed by atoms with E-state index in [1.807, 2.05) is 0 Å². The van der Waals surface area contributed by atoms with Crippen LogP contribution in [0.25, 0.3) is 0 Å². The van der Waals surface area contributed by atoms with E-state index in [2.05, 4.69) is 10.1 Å². The Labute approximate surface area is 107 Å². The molecule has 0 amide bonds. The molecule has 2 N–H and O–H groups in total. The molecule has 6 nitrogen and oxygen atoms in total. The number of nitrogens with zero attached hydrogens (tertiary/aromatic N) is 2. The number of sulfone groups is 1. The van der Waals surface area contributed by atoms with Gasteiger partial charge in [-0.1, -0.05) is 24.4 Å². The molecule has 1 aliphatic rings. The third-order valence-electron chi connectivity index (χ3n) is 3.62. The van der Waals surface area contributed by atoms with E-state index in [0.29, 0.717) is 5.82 Å². The summed E-state index contributed by atoms with van der Waals surface area (Å²) in [4.78, 5) is 4.19. The first kappa shape index (κ1) is 13.5. The van der Waals surface area contributed by atoms with Gasteiger partial charge in [0.15, 0.2) is 15.7 Å². The van der Waals surface area contributed by atoms with Crippen LogP contribution in [0.15, 0.2) is 4.52 Å². The van der Waals surface area contributed by atoms with E-state index < -0.39 is 20.6 Å². The van der Waals surface area contributed by atoms with Gasteiger partial charge in [0, 0.05) is 6.26 Å². The van der Waals surface area contributed by atoms with E-state index in [1.165, 1.54) is 13.3 Å². The first-order valence-electron chi connectivity index (χ1n) is 6.15. The summed E-state index contributed by atoms with van der Waals surface area (Å²) in [5.74, 6) is 0.565. The summed E-state index contributed by atoms with van der Waals surface area (Å²) in [7, 11) is -3.23. The predicted octanol–water partition coefficient (Wildman–Crippen LogP) is 1.29. The van der Waals surface area contributed by atoms with Crippen molar-refractivity contribution in [2.45, 2.75) is 49.8 Å². The number of rotatable bonds is 3. The quantitative estimate of drug-likeness (QED) is 0.891. The van der Waals surface area contributed by atoms with Crippen molar-refractivity contribution in [1.29, 1.82) is 0 Å². The van der Waals surface area contributed by atoms with Crippen LogP contribution in [0.2, 0.25) is 0 Å².